The lowest BCUT2D eigenvalue weighted by Gasteiger charge is -2.11. The number of anilines is 1. The zero-order chi connectivity index (χ0) is 20.4. The summed E-state index contributed by atoms with van der Waals surface area (Å²) in [5.41, 5.74) is 6.97. The molecule has 0 aliphatic rings. The second-order valence-corrected chi connectivity index (χ2v) is 6.00. The van der Waals surface area contributed by atoms with Crippen LogP contribution >= 0.6 is 0 Å². The third kappa shape index (κ3) is 6.35. The molecule has 1 aromatic heterocycles. The van der Waals surface area contributed by atoms with E-state index in [9.17, 15) is 9.18 Å². The van der Waals surface area contributed by atoms with E-state index in [0.717, 1.165) is 18.1 Å². The summed E-state index contributed by atoms with van der Waals surface area (Å²) in [6.45, 7) is 6.84. The van der Waals surface area contributed by atoms with Crippen molar-refractivity contribution in [2.24, 2.45) is 0 Å². The van der Waals surface area contributed by atoms with Gasteiger partial charge < -0.3 is 19.9 Å². The van der Waals surface area contributed by atoms with Gasteiger partial charge in [0.05, 0.1) is 25.4 Å². The van der Waals surface area contributed by atoms with Gasteiger partial charge in [-0.05, 0) is 31.4 Å². The largest absolute Gasteiger partial charge is 0.476 e. The van der Waals surface area contributed by atoms with Crippen molar-refractivity contribution in [3.05, 3.63) is 59.9 Å². The Kier molecular flexibility index (Phi) is 8.42. The maximum atomic E-state index is 14.2. The number of carbonyl (C=O) groups excluding carboxylic acids is 1. The summed E-state index contributed by atoms with van der Waals surface area (Å²) in [6, 6.07) is 11.0. The number of halogens is 1. The van der Waals surface area contributed by atoms with Crippen molar-refractivity contribution in [3.8, 4) is 5.88 Å². The topological polar surface area (TPSA) is 83.7 Å². The van der Waals surface area contributed by atoms with E-state index in [2.05, 4.69) is 11.6 Å². The molecule has 28 heavy (non-hydrogen) atoms. The summed E-state index contributed by atoms with van der Waals surface area (Å²) in [6.07, 6.45) is 1.44. The first-order valence-corrected chi connectivity index (χ1v) is 9.09. The summed E-state index contributed by atoms with van der Waals surface area (Å²) >= 11 is 0. The number of hydrogen-bond acceptors (Lipinski definition) is 6. The fourth-order valence-electron chi connectivity index (χ4n) is 2.40. The molecule has 0 radical (unpaired) electrons. The van der Waals surface area contributed by atoms with Gasteiger partial charge in [-0.15, -0.1) is 0 Å². The van der Waals surface area contributed by atoms with Gasteiger partial charge in [-0.25, -0.2) is 9.18 Å². The first-order chi connectivity index (χ1) is 13.5. The molecule has 1 aromatic carbocycles. The van der Waals surface area contributed by atoms with Gasteiger partial charge in [0, 0.05) is 12.2 Å². The molecule has 6 nitrogen and oxygen atoms in total. The predicted octanol–water partition coefficient (Wildman–Crippen LogP) is 3.76. The number of nitrogens with two attached hydrogens (primary N) is 1. The van der Waals surface area contributed by atoms with Crippen molar-refractivity contribution in [1.82, 2.24) is 4.98 Å². The SMILES string of the molecule is C=C(C(=O)OCC)c1cc(F)c(OCCCCOCc2ccccc2)nc1N. The number of nitrogens with zero attached hydrogens (tertiary/aromatic N) is 1. The number of benzene rings is 1. The van der Waals surface area contributed by atoms with Crippen molar-refractivity contribution in [2.45, 2.75) is 26.4 Å². The van der Waals surface area contributed by atoms with Gasteiger partial charge in [-0.3, -0.25) is 0 Å². The van der Waals surface area contributed by atoms with Crippen molar-refractivity contribution in [3.63, 3.8) is 0 Å². The van der Waals surface area contributed by atoms with Gasteiger partial charge in [-0.2, -0.15) is 4.98 Å². The predicted molar refractivity (Wildman–Crippen MR) is 105 cm³/mol. The molecule has 2 aromatic rings. The van der Waals surface area contributed by atoms with Crippen LogP contribution in [0.4, 0.5) is 10.2 Å². The maximum Gasteiger partial charge on any atom is 0.338 e. The van der Waals surface area contributed by atoms with Crippen LogP contribution in [0, 0.1) is 5.82 Å². The van der Waals surface area contributed by atoms with Gasteiger partial charge in [0.1, 0.15) is 5.82 Å². The van der Waals surface area contributed by atoms with Crippen LogP contribution < -0.4 is 10.5 Å². The Morgan fingerprint density at radius 1 is 1.21 bits per heavy atom. The number of hydrogen-bond donors (Lipinski definition) is 1. The fraction of sp³-hybridized carbons (Fsp3) is 0.333. The first kappa shape index (κ1) is 21.4. The number of aromatic nitrogens is 1. The normalized spacial score (nSPS) is 10.5. The summed E-state index contributed by atoms with van der Waals surface area (Å²) in [5, 5.41) is 0. The molecule has 0 fully saturated rings. The highest BCUT2D eigenvalue weighted by Gasteiger charge is 2.18. The molecule has 0 saturated heterocycles. The summed E-state index contributed by atoms with van der Waals surface area (Å²) in [5.74, 6) is -1.63. The van der Waals surface area contributed by atoms with E-state index in [1.54, 1.807) is 6.92 Å². The molecule has 0 spiro atoms. The van der Waals surface area contributed by atoms with E-state index in [-0.39, 0.29) is 36.0 Å². The lowest BCUT2D eigenvalue weighted by atomic mass is 10.1. The summed E-state index contributed by atoms with van der Waals surface area (Å²) in [7, 11) is 0. The molecule has 0 aliphatic carbocycles. The molecule has 0 amide bonds. The maximum absolute atomic E-state index is 14.2. The number of ether oxygens (including phenoxy) is 3. The zero-order valence-corrected chi connectivity index (χ0v) is 15.9. The molecule has 0 atom stereocenters. The average Bonchev–Trinajstić information content (AvgIpc) is 2.69. The van der Waals surface area contributed by atoms with Gasteiger partial charge in [0.2, 0.25) is 0 Å². The molecule has 0 bridgehead atoms. The van der Waals surface area contributed by atoms with E-state index < -0.39 is 11.8 Å². The lowest BCUT2D eigenvalue weighted by Crippen LogP contribution is -2.10. The van der Waals surface area contributed by atoms with Crippen LogP contribution in [0.25, 0.3) is 5.57 Å². The van der Waals surface area contributed by atoms with Crippen molar-refractivity contribution >= 4 is 17.4 Å². The first-order valence-electron chi connectivity index (χ1n) is 9.09. The standard InChI is InChI=1S/C21H25FN2O4/c1-3-27-21(25)15(2)17-13-18(22)20(24-19(17)23)28-12-8-7-11-26-14-16-9-5-4-6-10-16/h4-6,9-10,13H,2-3,7-8,11-12,14H2,1H3,(H2,23,24). The molecule has 1 heterocycles. The van der Waals surface area contributed by atoms with Crippen LogP contribution in [-0.2, 0) is 20.9 Å². The highest BCUT2D eigenvalue weighted by atomic mass is 19.1. The van der Waals surface area contributed by atoms with E-state index in [4.69, 9.17) is 19.9 Å². The zero-order valence-electron chi connectivity index (χ0n) is 15.9. The van der Waals surface area contributed by atoms with E-state index in [1.165, 1.54) is 0 Å². The Labute approximate surface area is 164 Å². The monoisotopic (exact) mass is 388 g/mol. The molecule has 7 heteroatoms. The number of unbranched alkanes of at least 4 members (excludes halogenated alkanes) is 1. The minimum atomic E-state index is -0.713. The van der Waals surface area contributed by atoms with Crippen molar-refractivity contribution < 1.29 is 23.4 Å². The Hall–Kier alpha value is -2.93. The Morgan fingerprint density at radius 3 is 2.64 bits per heavy atom. The minimum Gasteiger partial charge on any atom is -0.476 e. The third-order valence-corrected chi connectivity index (χ3v) is 3.85. The van der Waals surface area contributed by atoms with Crippen molar-refractivity contribution in [1.29, 1.82) is 0 Å². The van der Waals surface area contributed by atoms with Crippen molar-refractivity contribution in [2.75, 3.05) is 25.6 Å². The molecule has 0 unspecified atom stereocenters. The van der Waals surface area contributed by atoms with Crippen LogP contribution in [-0.4, -0.2) is 30.8 Å². The Bertz CT molecular complexity index is 796. The Morgan fingerprint density at radius 2 is 1.93 bits per heavy atom. The highest BCUT2D eigenvalue weighted by molar-refractivity contribution is 6.16. The molecule has 2 N–H and O–H groups in total. The molecular formula is C21H25FN2O4. The number of nitrogen functional groups attached to an aromatic ring is 1. The fourth-order valence-corrected chi connectivity index (χ4v) is 2.40. The second kappa shape index (κ2) is 11.0. The quantitative estimate of drug-likeness (QED) is 0.359. The van der Waals surface area contributed by atoms with Crippen LogP contribution in [0.1, 0.15) is 30.9 Å². The number of esters is 1. The van der Waals surface area contributed by atoms with Crippen LogP contribution in [0.2, 0.25) is 0 Å². The van der Waals surface area contributed by atoms with Gasteiger partial charge in [0.15, 0.2) is 5.82 Å². The number of carbonyl (C=O) groups is 1. The smallest absolute Gasteiger partial charge is 0.338 e. The average molecular weight is 388 g/mol. The summed E-state index contributed by atoms with van der Waals surface area (Å²) in [4.78, 5) is 15.6. The molecule has 150 valence electrons. The third-order valence-electron chi connectivity index (χ3n) is 3.85. The van der Waals surface area contributed by atoms with Gasteiger partial charge in [-0.1, -0.05) is 36.9 Å². The molecule has 2 rings (SSSR count). The second-order valence-electron chi connectivity index (χ2n) is 6.00. The minimum absolute atomic E-state index is 0.0411. The summed E-state index contributed by atoms with van der Waals surface area (Å²) < 4.78 is 30.0. The van der Waals surface area contributed by atoms with Crippen LogP contribution in [0.5, 0.6) is 5.88 Å². The molecule has 0 aliphatic heterocycles. The molecular weight excluding hydrogens is 363 g/mol. The van der Waals surface area contributed by atoms with Crippen LogP contribution in [0.3, 0.4) is 0 Å². The van der Waals surface area contributed by atoms with E-state index in [1.807, 2.05) is 30.3 Å². The Balaban J connectivity index is 1.76. The van der Waals surface area contributed by atoms with E-state index >= 15 is 0 Å². The van der Waals surface area contributed by atoms with Gasteiger partial charge in [0.25, 0.3) is 5.88 Å². The highest BCUT2D eigenvalue weighted by Crippen LogP contribution is 2.25. The lowest BCUT2D eigenvalue weighted by molar-refractivity contribution is -0.136. The van der Waals surface area contributed by atoms with Crippen LogP contribution in [0.15, 0.2) is 43.0 Å². The number of pyridine rings is 1. The van der Waals surface area contributed by atoms with Gasteiger partial charge >= 0.3 is 5.97 Å². The van der Waals surface area contributed by atoms with E-state index in [0.29, 0.717) is 19.6 Å². The molecule has 0 saturated carbocycles. The number of rotatable bonds is 11.